The molecular formula is C23H23IN4O3S. The second-order valence-electron chi connectivity index (χ2n) is 7.14. The molecule has 32 heavy (non-hydrogen) atoms. The van der Waals surface area contributed by atoms with Gasteiger partial charge in [-0.1, -0.05) is 30.0 Å². The summed E-state index contributed by atoms with van der Waals surface area (Å²) in [7, 11) is 0. The summed E-state index contributed by atoms with van der Waals surface area (Å²) < 4.78 is 13.9. The molecule has 7 nitrogen and oxygen atoms in total. The SMILES string of the molecule is C=CCn1c(CCc2ccc(I)cc2)nnc1SCCC(=O)Nc1ccc2c(c1)OCO2. The molecule has 1 amide bonds. The maximum Gasteiger partial charge on any atom is 0.231 e. The molecule has 0 saturated carbocycles. The van der Waals surface area contributed by atoms with Crippen LogP contribution in [-0.2, 0) is 24.2 Å². The molecule has 2 aromatic carbocycles. The number of allylic oxidation sites excluding steroid dienone is 1. The Morgan fingerprint density at radius 3 is 2.78 bits per heavy atom. The molecule has 1 aliphatic heterocycles. The zero-order valence-electron chi connectivity index (χ0n) is 17.4. The van der Waals surface area contributed by atoms with E-state index in [1.807, 2.05) is 6.08 Å². The van der Waals surface area contributed by atoms with Crippen molar-refractivity contribution in [3.05, 3.63) is 70.1 Å². The van der Waals surface area contributed by atoms with E-state index in [2.05, 4.69) is 73.5 Å². The van der Waals surface area contributed by atoms with E-state index in [-0.39, 0.29) is 12.7 Å². The molecule has 3 aromatic rings. The van der Waals surface area contributed by atoms with Crippen molar-refractivity contribution in [2.45, 2.75) is 31.0 Å². The zero-order valence-corrected chi connectivity index (χ0v) is 20.4. The highest BCUT2D eigenvalue weighted by Crippen LogP contribution is 2.34. The minimum absolute atomic E-state index is 0.0647. The summed E-state index contributed by atoms with van der Waals surface area (Å²) in [6.07, 6.45) is 3.90. The van der Waals surface area contributed by atoms with Crippen molar-refractivity contribution < 1.29 is 14.3 Å². The Morgan fingerprint density at radius 1 is 1.16 bits per heavy atom. The molecule has 0 unspecified atom stereocenters. The van der Waals surface area contributed by atoms with Crippen LogP contribution in [0.25, 0.3) is 0 Å². The third-order valence-electron chi connectivity index (χ3n) is 4.87. The van der Waals surface area contributed by atoms with Crippen molar-refractivity contribution >= 4 is 45.9 Å². The number of benzene rings is 2. The van der Waals surface area contributed by atoms with Crippen molar-refractivity contribution in [2.75, 3.05) is 17.9 Å². The standard InChI is InChI=1S/C23H23IN4O3S/c1-2-12-28-21(10-5-16-3-6-17(24)7-4-16)26-27-23(28)32-13-11-22(29)25-18-8-9-19-20(14-18)31-15-30-19/h2-4,6-9,14H,1,5,10-13,15H2,(H,25,29). The Morgan fingerprint density at radius 2 is 1.97 bits per heavy atom. The Labute approximate surface area is 204 Å². The van der Waals surface area contributed by atoms with Crippen molar-refractivity contribution in [2.24, 2.45) is 0 Å². The van der Waals surface area contributed by atoms with Gasteiger partial charge in [-0.05, 0) is 58.8 Å². The topological polar surface area (TPSA) is 78.3 Å². The predicted molar refractivity (Wildman–Crippen MR) is 133 cm³/mol. The van der Waals surface area contributed by atoms with Gasteiger partial charge in [-0.15, -0.1) is 16.8 Å². The maximum absolute atomic E-state index is 12.3. The van der Waals surface area contributed by atoms with E-state index in [4.69, 9.17) is 9.47 Å². The van der Waals surface area contributed by atoms with E-state index in [9.17, 15) is 4.79 Å². The molecule has 4 rings (SSSR count). The summed E-state index contributed by atoms with van der Waals surface area (Å²) in [4.78, 5) is 12.3. The van der Waals surface area contributed by atoms with Gasteiger partial charge < -0.3 is 19.4 Å². The first-order valence-corrected chi connectivity index (χ1v) is 12.3. The fraction of sp³-hybridized carbons (Fsp3) is 0.261. The number of anilines is 1. The third kappa shape index (κ3) is 5.83. The Hall–Kier alpha value is -2.53. The Bertz CT molecular complexity index is 1100. The third-order valence-corrected chi connectivity index (χ3v) is 6.56. The highest BCUT2D eigenvalue weighted by atomic mass is 127. The molecule has 1 aromatic heterocycles. The number of aryl methyl sites for hydroxylation is 2. The van der Waals surface area contributed by atoms with Gasteiger partial charge in [-0.3, -0.25) is 4.79 Å². The van der Waals surface area contributed by atoms with Gasteiger partial charge >= 0.3 is 0 Å². The van der Waals surface area contributed by atoms with Crippen molar-refractivity contribution in [1.82, 2.24) is 14.8 Å². The number of ether oxygens (including phenoxy) is 2. The zero-order chi connectivity index (χ0) is 22.3. The van der Waals surface area contributed by atoms with Gasteiger partial charge in [0.2, 0.25) is 12.7 Å². The van der Waals surface area contributed by atoms with Crippen LogP contribution in [0, 0.1) is 3.57 Å². The molecule has 2 heterocycles. The summed E-state index contributed by atoms with van der Waals surface area (Å²) in [6.45, 7) is 4.71. The lowest BCUT2D eigenvalue weighted by Crippen LogP contribution is -2.12. The van der Waals surface area contributed by atoms with Crippen LogP contribution in [0.2, 0.25) is 0 Å². The van der Waals surface area contributed by atoms with Gasteiger partial charge in [0.1, 0.15) is 5.82 Å². The predicted octanol–water partition coefficient (Wildman–Crippen LogP) is 4.70. The number of nitrogens with one attached hydrogen (secondary N) is 1. The van der Waals surface area contributed by atoms with Gasteiger partial charge in [0.15, 0.2) is 16.7 Å². The number of aromatic nitrogens is 3. The number of hydrogen-bond acceptors (Lipinski definition) is 6. The van der Waals surface area contributed by atoms with Crippen LogP contribution in [0.4, 0.5) is 5.69 Å². The first kappa shape index (κ1) is 22.7. The van der Waals surface area contributed by atoms with Crippen LogP contribution >= 0.6 is 34.4 Å². The number of carbonyl (C=O) groups is 1. The first-order chi connectivity index (χ1) is 15.6. The van der Waals surface area contributed by atoms with Crippen molar-refractivity contribution in [3.8, 4) is 11.5 Å². The van der Waals surface area contributed by atoms with E-state index >= 15 is 0 Å². The molecule has 166 valence electrons. The van der Waals surface area contributed by atoms with Gasteiger partial charge in [-0.2, -0.15) is 0 Å². The fourth-order valence-electron chi connectivity index (χ4n) is 3.26. The summed E-state index contributed by atoms with van der Waals surface area (Å²) >= 11 is 3.83. The average Bonchev–Trinajstić information content (AvgIpc) is 3.40. The second kappa shape index (κ2) is 10.9. The van der Waals surface area contributed by atoms with E-state index in [1.165, 1.54) is 20.9 Å². The van der Waals surface area contributed by atoms with Crippen LogP contribution in [0.15, 0.2) is 60.3 Å². The number of hydrogen-bond donors (Lipinski definition) is 1. The molecule has 0 bridgehead atoms. The lowest BCUT2D eigenvalue weighted by atomic mass is 10.1. The van der Waals surface area contributed by atoms with Crippen molar-refractivity contribution in [1.29, 1.82) is 0 Å². The summed E-state index contributed by atoms with van der Waals surface area (Å²) in [5, 5.41) is 12.4. The van der Waals surface area contributed by atoms with E-state index in [0.717, 1.165) is 23.8 Å². The van der Waals surface area contributed by atoms with Gasteiger partial charge in [0.25, 0.3) is 0 Å². The summed E-state index contributed by atoms with van der Waals surface area (Å²) in [5.41, 5.74) is 1.96. The van der Waals surface area contributed by atoms with Crippen LogP contribution in [0.3, 0.4) is 0 Å². The molecule has 0 fully saturated rings. The smallest absolute Gasteiger partial charge is 0.231 e. The van der Waals surface area contributed by atoms with E-state index in [0.29, 0.717) is 35.9 Å². The first-order valence-electron chi connectivity index (χ1n) is 10.2. The van der Waals surface area contributed by atoms with Crippen LogP contribution in [0.1, 0.15) is 17.8 Å². The van der Waals surface area contributed by atoms with E-state index < -0.39 is 0 Å². The average molecular weight is 562 g/mol. The number of carbonyl (C=O) groups excluding carboxylic acids is 1. The minimum atomic E-state index is -0.0647. The number of rotatable bonds is 10. The molecule has 0 atom stereocenters. The molecule has 1 aliphatic rings. The van der Waals surface area contributed by atoms with Crippen LogP contribution in [-0.4, -0.2) is 33.2 Å². The van der Waals surface area contributed by atoms with Crippen LogP contribution in [0.5, 0.6) is 11.5 Å². The molecule has 0 spiro atoms. The monoisotopic (exact) mass is 562 g/mol. The fourth-order valence-corrected chi connectivity index (χ4v) is 4.53. The van der Waals surface area contributed by atoms with Gasteiger partial charge in [0, 0.05) is 40.5 Å². The largest absolute Gasteiger partial charge is 0.454 e. The highest BCUT2D eigenvalue weighted by Gasteiger charge is 2.15. The van der Waals surface area contributed by atoms with Crippen molar-refractivity contribution in [3.63, 3.8) is 0 Å². The second-order valence-corrected chi connectivity index (χ2v) is 9.45. The number of nitrogens with zero attached hydrogens (tertiary/aromatic N) is 3. The number of fused-ring (bicyclic) bond motifs is 1. The number of halogens is 1. The number of amides is 1. The van der Waals surface area contributed by atoms with Gasteiger partial charge in [-0.25, -0.2) is 0 Å². The Kier molecular flexibility index (Phi) is 7.69. The normalized spacial score (nSPS) is 12.0. The Balaban J connectivity index is 1.30. The summed E-state index contributed by atoms with van der Waals surface area (Å²) in [6, 6.07) is 13.9. The highest BCUT2D eigenvalue weighted by molar-refractivity contribution is 14.1. The molecule has 1 N–H and O–H groups in total. The quantitative estimate of drug-likeness (QED) is 0.219. The summed E-state index contributed by atoms with van der Waals surface area (Å²) in [5.74, 6) is 2.80. The molecule has 0 radical (unpaired) electrons. The van der Waals surface area contributed by atoms with E-state index in [1.54, 1.807) is 18.2 Å². The number of thioether (sulfide) groups is 1. The lowest BCUT2D eigenvalue weighted by Gasteiger charge is -2.08. The minimum Gasteiger partial charge on any atom is -0.454 e. The molecule has 9 heteroatoms. The van der Waals surface area contributed by atoms with Gasteiger partial charge in [0.05, 0.1) is 0 Å². The molecule has 0 aliphatic carbocycles. The van der Waals surface area contributed by atoms with Crippen LogP contribution < -0.4 is 14.8 Å². The molecular weight excluding hydrogens is 539 g/mol. The maximum atomic E-state index is 12.3. The molecule has 0 saturated heterocycles. The lowest BCUT2D eigenvalue weighted by molar-refractivity contribution is -0.115.